The predicted molar refractivity (Wildman–Crippen MR) is 120 cm³/mol. The molecule has 1 aliphatic rings. The van der Waals surface area contributed by atoms with Gasteiger partial charge in [-0.1, -0.05) is 13.8 Å². The molecule has 1 aliphatic heterocycles. The average Bonchev–Trinajstić information content (AvgIpc) is 2.93. The zero-order chi connectivity index (χ0) is 24.0. The van der Waals surface area contributed by atoms with Crippen molar-refractivity contribution in [2.45, 2.75) is 66.5 Å². The van der Waals surface area contributed by atoms with Crippen LogP contribution < -0.4 is 14.4 Å². The van der Waals surface area contributed by atoms with E-state index in [1.165, 1.54) is 12.1 Å². The van der Waals surface area contributed by atoms with Gasteiger partial charge in [0.2, 0.25) is 5.91 Å². The fourth-order valence-corrected chi connectivity index (χ4v) is 3.55. The van der Waals surface area contributed by atoms with Crippen molar-refractivity contribution in [2.24, 2.45) is 0 Å². The summed E-state index contributed by atoms with van der Waals surface area (Å²) in [5, 5.41) is 0. The smallest absolute Gasteiger partial charge is 0.339 e. The first-order valence-electron chi connectivity index (χ1n) is 11.0. The molecule has 0 aliphatic carbocycles. The molecule has 2 rings (SSSR count). The number of ether oxygens (including phenoxy) is 2. The second kappa shape index (κ2) is 11.0. The highest BCUT2D eigenvalue weighted by Gasteiger charge is 2.47. The lowest BCUT2D eigenvalue weighted by Crippen LogP contribution is -2.48. The van der Waals surface area contributed by atoms with Crippen LogP contribution in [-0.4, -0.2) is 65.4 Å². The van der Waals surface area contributed by atoms with Crippen LogP contribution in [0.15, 0.2) is 18.2 Å². The summed E-state index contributed by atoms with van der Waals surface area (Å²) in [6, 6.07) is 3.54. The van der Waals surface area contributed by atoms with Gasteiger partial charge in [0.1, 0.15) is 6.54 Å². The van der Waals surface area contributed by atoms with Crippen molar-refractivity contribution in [1.82, 2.24) is 9.80 Å². The molecule has 0 bridgehead atoms. The molecule has 0 aromatic heterocycles. The third-order valence-electron chi connectivity index (χ3n) is 4.86. The first-order valence-corrected chi connectivity index (χ1v) is 11.0. The Morgan fingerprint density at radius 1 is 0.906 bits per heavy atom. The number of urea groups is 1. The molecule has 0 saturated carbocycles. The first kappa shape index (κ1) is 25.2. The first-order chi connectivity index (χ1) is 15.1. The third-order valence-corrected chi connectivity index (χ3v) is 4.86. The van der Waals surface area contributed by atoms with Crippen molar-refractivity contribution in [2.75, 3.05) is 24.7 Å². The molecule has 0 unspecified atom stereocenters. The fourth-order valence-electron chi connectivity index (χ4n) is 3.55. The summed E-state index contributed by atoms with van der Waals surface area (Å²) >= 11 is 0. The zero-order valence-corrected chi connectivity index (χ0v) is 19.7. The average molecular weight is 448 g/mol. The van der Waals surface area contributed by atoms with Crippen LogP contribution in [0, 0.1) is 0 Å². The van der Waals surface area contributed by atoms with Crippen LogP contribution in [0.3, 0.4) is 0 Å². The number of hydrogen-bond donors (Lipinski definition) is 0. The minimum atomic E-state index is -1.03. The van der Waals surface area contributed by atoms with E-state index in [1.54, 1.807) is 11.0 Å². The second-order valence-electron chi connectivity index (χ2n) is 8.13. The van der Waals surface area contributed by atoms with Gasteiger partial charge in [0, 0.05) is 18.2 Å². The fraction of sp³-hybridized carbons (Fsp3) is 0.565. The number of hydrogen-bond acceptors (Lipinski definition) is 6. The van der Waals surface area contributed by atoms with Crippen molar-refractivity contribution >= 4 is 29.4 Å². The summed E-state index contributed by atoms with van der Waals surface area (Å²) in [7, 11) is 0. The largest absolute Gasteiger partial charge is 0.490 e. The summed E-state index contributed by atoms with van der Waals surface area (Å²) in [6.07, 6.45) is 1.56. The van der Waals surface area contributed by atoms with Gasteiger partial charge in [-0.2, -0.15) is 0 Å². The van der Waals surface area contributed by atoms with Gasteiger partial charge in [-0.05, 0) is 52.7 Å². The Hall–Kier alpha value is -3.10. The van der Waals surface area contributed by atoms with Gasteiger partial charge < -0.3 is 14.4 Å². The molecular weight excluding hydrogens is 414 g/mol. The number of benzene rings is 1. The molecule has 0 radical (unpaired) electrons. The zero-order valence-electron chi connectivity index (χ0n) is 19.7. The topological polar surface area (TPSA) is 96.5 Å². The Bertz CT molecular complexity index is 859. The Labute approximate surface area is 189 Å². The molecule has 9 nitrogen and oxygen atoms in total. The van der Waals surface area contributed by atoms with Crippen molar-refractivity contribution in [1.29, 1.82) is 0 Å². The molecule has 1 heterocycles. The lowest BCUT2D eigenvalue weighted by atomic mass is 10.2. The molecule has 0 N–H and O–H groups in total. The summed E-state index contributed by atoms with van der Waals surface area (Å²) < 4.78 is 11.4. The molecule has 1 aromatic carbocycles. The van der Waals surface area contributed by atoms with Gasteiger partial charge >= 0.3 is 17.8 Å². The van der Waals surface area contributed by atoms with Gasteiger partial charge in [-0.15, -0.1) is 0 Å². The van der Waals surface area contributed by atoms with Crippen molar-refractivity contribution in [3.63, 3.8) is 0 Å². The van der Waals surface area contributed by atoms with E-state index in [-0.39, 0.29) is 17.8 Å². The van der Waals surface area contributed by atoms with Crippen LogP contribution in [-0.2, 0) is 14.4 Å². The van der Waals surface area contributed by atoms with E-state index in [0.717, 1.165) is 17.7 Å². The number of amides is 5. The van der Waals surface area contributed by atoms with Gasteiger partial charge in [0.25, 0.3) is 0 Å². The van der Waals surface area contributed by atoms with Gasteiger partial charge in [-0.3, -0.25) is 14.4 Å². The lowest BCUT2D eigenvalue weighted by molar-refractivity contribution is -0.143. The van der Waals surface area contributed by atoms with Gasteiger partial charge in [0.15, 0.2) is 11.5 Å². The number of nitrogens with zero attached hydrogens (tertiary/aromatic N) is 3. The Balaban J connectivity index is 2.31. The maximum absolute atomic E-state index is 13.0. The quantitative estimate of drug-likeness (QED) is 0.382. The van der Waals surface area contributed by atoms with Crippen molar-refractivity contribution < 1.29 is 28.7 Å². The predicted octanol–water partition coefficient (Wildman–Crippen LogP) is 3.20. The maximum atomic E-state index is 13.0. The van der Waals surface area contributed by atoms with Gasteiger partial charge in [0.05, 0.1) is 18.9 Å². The highest BCUT2D eigenvalue weighted by molar-refractivity contribution is 6.53. The minimum absolute atomic E-state index is 0.115. The second-order valence-corrected chi connectivity index (χ2v) is 8.13. The molecule has 9 heteroatoms. The summed E-state index contributed by atoms with van der Waals surface area (Å²) in [4.78, 5) is 54.0. The highest BCUT2D eigenvalue weighted by Crippen LogP contribution is 2.34. The van der Waals surface area contributed by atoms with E-state index in [0.29, 0.717) is 29.6 Å². The standard InChI is InChI=1S/C23H33N3O6/c1-7-11-31-18-10-9-17(13-19(18)32-12-8-2)26-22(29)21(28)24(23(26)30)14-20(27)25(15(3)4)16(5)6/h9-10,13,15-16H,7-8,11-12,14H2,1-6H3. The normalized spacial score (nSPS) is 14.1. The van der Waals surface area contributed by atoms with E-state index in [1.807, 2.05) is 41.5 Å². The molecule has 1 fully saturated rings. The highest BCUT2D eigenvalue weighted by atomic mass is 16.5. The van der Waals surface area contributed by atoms with Crippen LogP contribution in [0.5, 0.6) is 11.5 Å². The number of rotatable bonds is 11. The van der Waals surface area contributed by atoms with Crippen LogP contribution in [0.2, 0.25) is 0 Å². The van der Waals surface area contributed by atoms with E-state index >= 15 is 0 Å². The van der Waals surface area contributed by atoms with E-state index in [2.05, 4.69) is 0 Å². The van der Waals surface area contributed by atoms with E-state index < -0.39 is 30.3 Å². The maximum Gasteiger partial charge on any atom is 0.339 e. The van der Waals surface area contributed by atoms with Crippen LogP contribution in [0.4, 0.5) is 10.5 Å². The van der Waals surface area contributed by atoms with E-state index in [9.17, 15) is 19.2 Å². The Kier molecular flexibility index (Phi) is 8.63. The summed E-state index contributed by atoms with van der Waals surface area (Å²) in [5.74, 6) is -1.57. The molecule has 176 valence electrons. The SMILES string of the molecule is CCCOc1ccc(N2C(=O)C(=O)N(CC(=O)N(C(C)C)C(C)C)C2=O)cc1OCCC. The molecule has 0 atom stereocenters. The van der Waals surface area contributed by atoms with Crippen molar-refractivity contribution in [3.05, 3.63) is 18.2 Å². The summed E-state index contributed by atoms with van der Waals surface area (Å²) in [6.45, 7) is 11.7. The molecule has 1 aromatic rings. The van der Waals surface area contributed by atoms with Crippen molar-refractivity contribution in [3.8, 4) is 11.5 Å². The Morgan fingerprint density at radius 3 is 2.00 bits per heavy atom. The van der Waals surface area contributed by atoms with Crippen LogP contribution in [0.1, 0.15) is 54.4 Å². The third kappa shape index (κ3) is 5.38. The molecule has 1 saturated heterocycles. The minimum Gasteiger partial charge on any atom is -0.490 e. The monoisotopic (exact) mass is 447 g/mol. The Morgan fingerprint density at radius 2 is 1.47 bits per heavy atom. The van der Waals surface area contributed by atoms with Crippen LogP contribution in [0.25, 0.3) is 0 Å². The van der Waals surface area contributed by atoms with Gasteiger partial charge in [-0.25, -0.2) is 14.6 Å². The molecule has 32 heavy (non-hydrogen) atoms. The number of anilines is 1. The lowest BCUT2D eigenvalue weighted by Gasteiger charge is -2.31. The molecule has 5 amide bonds. The summed E-state index contributed by atoms with van der Waals surface area (Å²) in [5.41, 5.74) is 0.183. The number of carbonyl (C=O) groups excluding carboxylic acids is 4. The molecular formula is C23H33N3O6. The van der Waals surface area contributed by atoms with Crippen LogP contribution >= 0.6 is 0 Å². The number of imide groups is 2. The number of carbonyl (C=O) groups is 4. The van der Waals surface area contributed by atoms with E-state index in [4.69, 9.17) is 9.47 Å². The molecule has 0 spiro atoms.